The van der Waals surface area contributed by atoms with Gasteiger partial charge in [-0.05, 0) is 73.1 Å². The van der Waals surface area contributed by atoms with Gasteiger partial charge in [-0.2, -0.15) is 0 Å². The molecule has 3 rings (SSSR count). The zero-order chi connectivity index (χ0) is 20.8. The number of carbonyl (C=O) groups excluding carboxylic acids is 1. The molecule has 0 saturated carbocycles. The lowest BCUT2D eigenvalue weighted by Crippen LogP contribution is -2.19. The number of amidine groups is 1. The maximum atomic E-state index is 12.4. The predicted octanol–water partition coefficient (Wildman–Crippen LogP) is 4.42. The highest BCUT2D eigenvalue weighted by Gasteiger charge is 2.24. The number of amides is 1. The van der Waals surface area contributed by atoms with Gasteiger partial charge in [0.15, 0.2) is 16.7 Å². The van der Waals surface area contributed by atoms with Crippen LogP contribution < -0.4 is 14.8 Å². The molecule has 2 aromatic rings. The van der Waals surface area contributed by atoms with Crippen LogP contribution in [-0.4, -0.2) is 29.9 Å². The summed E-state index contributed by atoms with van der Waals surface area (Å²) in [5, 5.41) is 13.5. The first-order chi connectivity index (χ1) is 14.0. The molecule has 0 aliphatic carbocycles. The van der Waals surface area contributed by atoms with Crippen molar-refractivity contribution in [3.05, 3.63) is 65.1 Å². The third-order valence-corrected chi connectivity index (χ3v) is 5.00. The van der Waals surface area contributed by atoms with Gasteiger partial charge in [0.2, 0.25) is 0 Å². The number of aromatic hydroxyl groups is 1. The van der Waals surface area contributed by atoms with Crippen molar-refractivity contribution in [2.24, 2.45) is 4.99 Å². The van der Waals surface area contributed by atoms with Gasteiger partial charge < -0.3 is 19.9 Å². The van der Waals surface area contributed by atoms with Crippen LogP contribution in [0.25, 0.3) is 6.08 Å². The van der Waals surface area contributed by atoms with Crippen molar-refractivity contribution in [1.82, 2.24) is 5.32 Å². The van der Waals surface area contributed by atoms with Crippen molar-refractivity contribution in [2.45, 2.75) is 13.3 Å². The lowest BCUT2D eigenvalue weighted by Gasteiger charge is -2.09. The molecule has 0 aromatic heterocycles. The summed E-state index contributed by atoms with van der Waals surface area (Å²) < 4.78 is 10.7. The Morgan fingerprint density at radius 2 is 2.03 bits per heavy atom. The molecule has 2 N–H and O–H groups in total. The standard InChI is InChI=1S/C22H22N2O4S/c1-4-6-15-11-14(12-18(27-3)20(15)25)13-19-21(26)24-22(29-19)23-16-7-9-17(10-8-16)28-5-2/h4,7-13,25H,1,5-6H2,2-3H3,(H,23,24,26)/b19-13+. The maximum Gasteiger partial charge on any atom is 0.264 e. The summed E-state index contributed by atoms with van der Waals surface area (Å²) in [6.07, 6.45) is 3.93. The van der Waals surface area contributed by atoms with Crippen LogP contribution in [0, 0.1) is 0 Å². The van der Waals surface area contributed by atoms with Crippen molar-refractivity contribution < 1.29 is 19.4 Å². The van der Waals surface area contributed by atoms with Crippen LogP contribution in [0.4, 0.5) is 5.69 Å². The number of aliphatic imine (C=N–C) groups is 1. The van der Waals surface area contributed by atoms with Crippen LogP contribution in [-0.2, 0) is 11.2 Å². The minimum Gasteiger partial charge on any atom is -0.504 e. The average molecular weight is 410 g/mol. The van der Waals surface area contributed by atoms with E-state index >= 15 is 0 Å². The van der Waals surface area contributed by atoms with E-state index in [1.165, 1.54) is 18.9 Å². The monoisotopic (exact) mass is 410 g/mol. The Balaban J connectivity index is 1.83. The molecular weight excluding hydrogens is 388 g/mol. The summed E-state index contributed by atoms with van der Waals surface area (Å²) in [7, 11) is 1.49. The Bertz CT molecular complexity index is 981. The van der Waals surface area contributed by atoms with E-state index in [0.717, 1.165) is 17.0 Å². The quantitative estimate of drug-likeness (QED) is 0.522. The number of nitrogens with zero attached hydrogens (tertiary/aromatic N) is 1. The third-order valence-electron chi connectivity index (χ3n) is 4.09. The smallest absolute Gasteiger partial charge is 0.264 e. The Morgan fingerprint density at radius 3 is 2.69 bits per heavy atom. The Morgan fingerprint density at radius 1 is 1.28 bits per heavy atom. The van der Waals surface area contributed by atoms with Crippen molar-refractivity contribution in [3.8, 4) is 17.2 Å². The first-order valence-electron chi connectivity index (χ1n) is 9.07. The molecule has 7 heteroatoms. The van der Waals surface area contributed by atoms with E-state index in [4.69, 9.17) is 9.47 Å². The van der Waals surface area contributed by atoms with Crippen LogP contribution in [0.1, 0.15) is 18.1 Å². The van der Waals surface area contributed by atoms with Gasteiger partial charge in [0.1, 0.15) is 5.75 Å². The fourth-order valence-electron chi connectivity index (χ4n) is 2.77. The second-order valence-corrected chi connectivity index (χ2v) is 7.16. The molecular formula is C22H22N2O4S. The summed E-state index contributed by atoms with van der Waals surface area (Å²) in [4.78, 5) is 17.3. The molecule has 2 aromatic carbocycles. The Kier molecular flexibility index (Phi) is 6.61. The lowest BCUT2D eigenvalue weighted by molar-refractivity contribution is -0.115. The molecule has 0 bridgehead atoms. The van der Waals surface area contributed by atoms with Gasteiger partial charge in [0.25, 0.3) is 5.91 Å². The third kappa shape index (κ3) is 5.00. The molecule has 0 spiro atoms. The van der Waals surface area contributed by atoms with Gasteiger partial charge in [0, 0.05) is 5.56 Å². The average Bonchev–Trinajstić information content (AvgIpc) is 3.05. The fraction of sp³-hybridized carbons (Fsp3) is 0.182. The van der Waals surface area contributed by atoms with E-state index in [0.29, 0.717) is 34.4 Å². The highest BCUT2D eigenvalue weighted by atomic mass is 32.2. The van der Waals surface area contributed by atoms with Gasteiger partial charge in [-0.15, -0.1) is 6.58 Å². The molecule has 1 saturated heterocycles. The highest BCUT2D eigenvalue weighted by molar-refractivity contribution is 8.18. The molecule has 1 fully saturated rings. The largest absolute Gasteiger partial charge is 0.504 e. The summed E-state index contributed by atoms with van der Waals surface area (Å²) >= 11 is 1.26. The highest BCUT2D eigenvalue weighted by Crippen LogP contribution is 2.35. The van der Waals surface area contributed by atoms with E-state index < -0.39 is 0 Å². The van der Waals surface area contributed by atoms with E-state index in [2.05, 4.69) is 16.9 Å². The summed E-state index contributed by atoms with van der Waals surface area (Å²) in [5.74, 6) is 0.979. The Hall–Kier alpha value is -3.19. The van der Waals surface area contributed by atoms with Crippen LogP contribution in [0.5, 0.6) is 17.2 Å². The number of benzene rings is 2. The number of methoxy groups -OCH3 is 1. The number of allylic oxidation sites excluding steroid dienone is 1. The molecule has 1 aliphatic rings. The maximum absolute atomic E-state index is 12.4. The number of rotatable bonds is 7. The van der Waals surface area contributed by atoms with Crippen molar-refractivity contribution in [2.75, 3.05) is 13.7 Å². The molecule has 0 atom stereocenters. The number of carbonyl (C=O) groups is 1. The molecule has 0 radical (unpaired) electrons. The number of nitrogens with one attached hydrogen (secondary N) is 1. The van der Waals surface area contributed by atoms with E-state index in [1.807, 2.05) is 37.3 Å². The van der Waals surface area contributed by atoms with Gasteiger partial charge in [-0.25, -0.2) is 4.99 Å². The van der Waals surface area contributed by atoms with Gasteiger partial charge >= 0.3 is 0 Å². The number of hydrogen-bond donors (Lipinski definition) is 2. The summed E-state index contributed by atoms with van der Waals surface area (Å²) in [6.45, 7) is 6.23. The molecule has 29 heavy (non-hydrogen) atoms. The number of hydrogen-bond acceptors (Lipinski definition) is 6. The zero-order valence-corrected chi connectivity index (χ0v) is 17.1. The zero-order valence-electron chi connectivity index (χ0n) is 16.3. The fourth-order valence-corrected chi connectivity index (χ4v) is 3.61. The normalized spacial score (nSPS) is 16.1. The number of phenols is 1. The minimum absolute atomic E-state index is 0.0795. The first-order valence-corrected chi connectivity index (χ1v) is 9.89. The van der Waals surface area contributed by atoms with E-state index in [-0.39, 0.29) is 11.7 Å². The van der Waals surface area contributed by atoms with Crippen molar-refractivity contribution in [1.29, 1.82) is 0 Å². The second-order valence-electron chi connectivity index (χ2n) is 6.13. The predicted molar refractivity (Wildman–Crippen MR) is 117 cm³/mol. The second kappa shape index (κ2) is 9.34. The molecule has 1 amide bonds. The lowest BCUT2D eigenvalue weighted by atomic mass is 10.1. The minimum atomic E-state index is -0.225. The van der Waals surface area contributed by atoms with Crippen molar-refractivity contribution in [3.63, 3.8) is 0 Å². The van der Waals surface area contributed by atoms with Crippen LogP contribution >= 0.6 is 11.8 Å². The first kappa shape index (κ1) is 20.5. The molecule has 6 nitrogen and oxygen atoms in total. The van der Waals surface area contributed by atoms with Crippen molar-refractivity contribution >= 4 is 34.6 Å². The van der Waals surface area contributed by atoms with Crippen LogP contribution in [0.3, 0.4) is 0 Å². The molecule has 150 valence electrons. The van der Waals surface area contributed by atoms with Crippen LogP contribution in [0.15, 0.2) is 59.0 Å². The van der Waals surface area contributed by atoms with Gasteiger partial charge in [-0.3, -0.25) is 4.79 Å². The van der Waals surface area contributed by atoms with Crippen LogP contribution in [0.2, 0.25) is 0 Å². The molecule has 0 unspecified atom stereocenters. The number of phenolic OH excluding ortho intramolecular Hbond substituents is 1. The summed E-state index contributed by atoms with van der Waals surface area (Å²) in [6, 6.07) is 10.8. The SMILES string of the molecule is C=CCc1cc(/C=C2/SC(=Nc3ccc(OCC)cc3)NC2=O)cc(OC)c1O. The molecule has 1 aliphatic heterocycles. The topological polar surface area (TPSA) is 80.2 Å². The van der Waals surface area contributed by atoms with E-state index in [1.54, 1.807) is 18.2 Å². The number of ether oxygens (including phenoxy) is 2. The van der Waals surface area contributed by atoms with Gasteiger partial charge in [0.05, 0.1) is 24.3 Å². The molecule has 1 heterocycles. The Labute approximate surface area is 174 Å². The number of thioether (sulfide) groups is 1. The summed E-state index contributed by atoms with van der Waals surface area (Å²) in [5.41, 5.74) is 2.14. The van der Waals surface area contributed by atoms with Gasteiger partial charge in [-0.1, -0.05) is 6.08 Å². The van der Waals surface area contributed by atoms with E-state index in [9.17, 15) is 9.90 Å².